The second-order valence-corrected chi connectivity index (χ2v) is 2.76. The first-order chi connectivity index (χ1) is 5.36. The van der Waals surface area contributed by atoms with Crippen LogP contribution in [0.3, 0.4) is 0 Å². The number of fused-ring (bicyclic) bond motifs is 1. The van der Waals surface area contributed by atoms with Crippen LogP contribution in [0.25, 0.3) is 0 Å². The van der Waals surface area contributed by atoms with Gasteiger partial charge >= 0.3 is 0 Å². The molecule has 1 aromatic heterocycles. The van der Waals surface area contributed by atoms with Crippen LogP contribution in [-0.2, 0) is 6.54 Å². The lowest BCUT2D eigenvalue weighted by atomic mass is 10.2. The highest BCUT2D eigenvalue weighted by Crippen LogP contribution is 2.15. The Morgan fingerprint density at radius 3 is 3.45 bits per heavy atom. The van der Waals surface area contributed by atoms with Crippen LogP contribution in [-0.4, -0.2) is 11.1 Å². The molecule has 0 saturated heterocycles. The number of hydrogen-bond donors (Lipinski definition) is 2. The molecule has 1 aliphatic heterocycles. The Morgan fingerprint density at radius 2 is 2.55 bits per heavy atom. The van der Waals surface area contributed by atoms with Crippen molar-refractivity contribution in [3.8, 4) is 0 Å². The van der Waals surface area contributed by atoms with Crippen LogP contribution in [0.1, 0.15) is 12.5 Å². The molecule has 0 bridgehead atoms. The minimum Gasteiger partial charge on any atom is -0.355 e. The Balaban J connectivity index is 2.34. The van der Waals surface area contributed by atoms with Crippen molar-refractivity contribution in [1.29, 1.82) is 0 Å². The van der Waals surface area contributed by atoms with Gasteiger partial charge in [-0.1, -0.05) is 6.07 Å². The van der Waals surface area contributed by atoms with Gasteiger partial charge in [-0.3, -0.25) is 5.32 Å². The Kier molecular flexibility index (Phi) is 1.51. The summed E-state index contributed by atoms with van der Waals surface area (Å²) in [5.41, 5.74) is 1.24. The zero-order chi connectivity index (χ0) is 7.68. The largest absolute Gasteiger partial charge is 0.355 e. The molecule has 3 heteroatoms. The summed E-state index contributed by atoms with van der Waals surface area (Å²) in [5.74, 6) is 1.01. The average Bonchev–Trinajstić information content (AvgIpc) is 2.04. The van der Waals surface area contributed by atoms with Crippen molar-refractivity contribution < 1.29 is 0 Å². The molecule has 0 aliphatic carbocycles. The molecule has 58 valence electrons. The number of pyridine rings is 1. The fourth-order valence-electron chi connectivity index (χ4n) is 1.23. The second kappa shape index (κ2) is 2.51. The van der Waals surface area contributed by atoms with Crippen LogP contribution < -0.4 is 10.6 Å². The van der Waals surface area contributed by atoms with Crippen molar-refractivity contribution >= 4 is 5.82 Å². The van der Waals surface area contributed by atoms with Crippen LogP contribution >= 0.6 is 0 Å². The lowest BCUT2D eigenvalue weighted by Crippen LogP contribution is -2.37. The molecule has 0 radical (unpaired) electrons. The molecular formula is C8H11N3. The average molecular weight is 149 g/mol. The molecule has 0 aromatic carbocycles. The van der Waals surface area contributed by atoms with Gasteiger partial charge in [-0.15, -0.1) is 0 Å². The van der Waals surface area contributed by atoms with Gasteiger partial charge in [-0.05, 0) is 13.0 Å². The monoisotopic (exact) mass is 149 g/mol. The van der Waals surface area contributed by atoms with E-state index in [9.17, 15) is 0 Å². The van der Waals surface area contributed by atoms with E-state index in [0.29, 0.717) is 6.17 Å². The number of aromatic nitrogens is 1. The molecule has 0 fully saturated rings. The van der Waals surface area contributed by atoms with Gasteiger partial charge in [-0.25, -0.2) is 4.98 Å². The Hall–Kier alpha value is -1.09. The van der Waals surface area contributed by atoms with Crippen molar-refractivity contribution in [3.05, 3.63) is 23.9 Å². The maximum Gasteiger partial charge on any atom is 0.131 e. The third-order valence-electron chi connectivity index (χ3n) is 1.84. The van der Waals surface area contributed by atoms with E-state index in [2.05, 4.69) is 28.6 Å². The van der Waals surface area contributed by atoms with Gasteiger partial charge in [-0.2, -0.15) is 0 Å². The summed E-state index contributed by atoms with van der Waals surface area (Å²) in [5, 5.41) is 6.52. The summed E-state index contributed by atoms with van der Waals surface area (Å²) in [6, 6.07) is 4.03. The molecule has 2 heterocycles. The van der Waals surface area contributed by atoms with Crippen molar-refractivity contribution in [1.82, 2.24) is 10.3 Å². The molecule has 1 unspecified atom stereocenters. The third kappa shape index (κ3) is 1.19. The zero-order valence-electron chi connectivity index (χ0n) is 6.46. The Bertz CT molecular complexity index is 259. The Morgan fingerprint density at radius 1 is 1.64 bits per heavy atom. The molecule has 1 aliphatic rings. The SMILES string of the molecule is CC1NCc2cccnc2N1. The van der Waals surface area contributed by atoms with Gasteiger partial charge in [0.2, 0.25) is 0 Å². The highest BCUT2D eigenvalue weighted by molar-refractivity contribution is 5.45. The van der Waals surface area contributed by atoms with E-state index in [4.69, 9.17) is 0 Å². The van der Waals surface area contributed by atoms with Crippen LogP contribution in [0, 0.1) is 0 Å². The molecular weight excluding hydrogens is 138 g/mol. The van der Waals surface area contributed by atoms with Crippen LogP contribution in [0.4, 0.5) is 5.82 Å². The summed E-state index contributed by atoms with van der Waals surface area (Å²) >= 11 is 0. The molecule has 11 heavy (non-hydrogen) atoms. The van der Waals surface area contributed by atoms with Gasteiger partial charge in [0.25, 0.3) is 0 Å². The van der Waals surface area contributed by atoms with Gasteiger partial charge in [0.15, 0.2) is 0 Å². The van der Waals surface area contributed by atoms with Crippen molar-refractivity contribution in [2.24, 2.45) is 0 Å². The predicted molar refractivity (Wildman–Crippen MR) is 44.2 cm³/mol. The number of nitrogens with one attached hydrogen (secondary N) is 2. The molecule has 0 spiro atoms. The molecule has 1 aromatic rings. The topological polar surface area (TPSA) is 37.0 Å². The number of hydrogen-bond acceptors (Lipinski definition) is 3. The van der Waals surface area contributed by atoms with E-state index in [-0.39, 0.29) is 0 Å². The maximum absolute atomic E-state index is 4.22. The summed E-state index contributed by atoms with van der Waals surface area (Å²) in [6.07, 6.45) is 2.14. The van der Waals surface area contributed by atoms with Gasteiger partial charge < -0.3 is 5.32 Å². The van der Waals surface area contributed by atoms with E-state index in [1.165, 1.54) is 5.56 Å². The van der Waals surface area contributed by atoms with E-state index in [1.54, 1.807) is 0 Å². The highest BCUT2D eigenvalue weighted by atomic mass is 15.2. The first-order valence-electron chi connectivity index (χ1n) is 3.80. The summed E-state index contributed by atoms with van der Waals surface area (Å²) in [7, 11) is 0. The van der Waals surface area contributed by atoms with E-state index in [1.807, 2.05) is 12.3 Å². The van der Waals surface area contributed by atoms with Crippen LogP contribution in [0.5, 0.6) is 0 Å². The highest BCUT2D eigenvalue weighted by Gasteiger charge is 2.12. The minimum atomic E-state index is 0.331. The third-order valence-corrected chi connectivity index (χ3v) is 1.84. The lowest BCUT2D eigenvalue weighted by molar-refractivity contribution is 0.574. The quantitative estimate of drug-likeness (QED) is 0.576. The molecule has 2 N–H and O–H groups in total. The molecule has 2 rings (SSSR count). The number of rotatable bonds is 0. The molecule has 1 atom stereocenters. The minimum absolute atomic E-state index is 0.331. The van der Waals surface area contributed by atoms with Crippen molar-refractivity contribution in [3.63, 3.8) is 0 Å². The normalized spacial score (nSPS) is 22.1. The zero-order valence-corrected chi connectivity index (χ0v) is 6.46. The van der Waals surface area contributed by atoms with Gasteiger partial charge in [0.1, 0.15) is 5.82 Å². The molecule has 3 nitrogen and oxygen atoms in total. The summed E-state index contributed by atoms with van der Waals surface area (Å²) < 4.78 is 0. The smallest absolute Gasteiger partial charge is 0.131 e. The Labute approximate surface area is 65.8 Å². The number of anilines is 1. The summed E-state index contributed by atoms with van der Waals surface area (Å²) in [4.78, 5) is 4.22. The molecule has 0 amide bonds. The van der Waals surface area contributed by atoms with Crippen molar-refractivity contribution in [2.75, 3.05) is 5.32 Å². The maximum atomic E-state index is 4.22. The van der Waals surface area contributed by atoms with E-state index in [0.717, 1.165) is 12.4 Å². The molecule has 0 saturated carbocycles. The van der Waals surface area contributed by atoms with E-state index >= 15 is 0 Å². The second-order valence-electron chi connectivity index (χ2n) is 2.76. The summed E-state index contributed by atoms with van der Waals surface area (Å²) in [6.45, 7) is 3.00. The fraction of sp³-hybridized carbons (Fsp3) is 0.375. The fourth-order valence-corrected chi connectivity index (χ4v) is 1.23. The van der Waals surface area contributed by atoms with Crippen LogP contribution in [0.2, 0.25) is 0 Å². The first-order valence-corrected chi connectivity index (χ1v) is 3.80. The van der Waals surface area contributed by atoms with Gasteiger partial charge in [0.05, 0.1) is 6.17 Å². The van der Waals surface area contributed by atoms with Crippen LogP contribution in [0.15, 0.2) is 18.3 Å². The lowest BCUT2D eigenvalue weighted by Gasteiger charge is -2.23. The first kappa shape index (κ1) is 6.61. The van der Waals surface area contributed by atoms with E-state index < -0.39 is 0 Å². The standard InChI is InChI=1S/C8H11N3/c1-6-10-5-7-3-2-4-9-8(7)11-6/h2-4,6,10H,5H2,1H3,(H,9,11). The van der Waals surface area contributed by atoms with Crippen molar-refractivity contribution in [2.45, 2.75) is 19.6 Å². The predicted octanol–water partition coefficient (Wildman–Crippen LogP) is 0.943. The number of nitrogens with zero attached hydrogens (tertiary/aromatic N) is 1. The van der Waals surface area contributed by atoms with Gasteiger partial charge in [0, 0.05) is 18.3 Å².